The standard InChI is InChI=1S/C17H30N2.BrH/c1-3-5-7-9-13-18-17-11-15-19(16-12-17)14-10-8-6-4-2;/h11-12,15-16H,3-10,13-14H2,1-2H3;1H. The van der Waals surface area contributed by atoms with E-state index in [9.17, 15) is 0 Å². The molecule has 0 radical (unpaired) electrons. The molecular weight excluding hydrogens is 312 g/mol. The molecule has 0 unspecified atom stereocenters. The third kappa shape index (κ3) is 9.35. The molecule has 0 aromatic carbocycles. The quantitative estimate of drug-likeness (QED) is 0.524. The minimum atomic E-state index is 0. The van der Waals surface area contributed by atoms with E-state index in [1.54, 1.807) is 0 Å². The van der Waals surface area contributed by atoms with E-state index < -0.39 is 0 Å². The molecule has 0 N–H and O–H groups in total. The summed E-state index contributed by atoms with van der Waals surface area (Å²) >= 11 is 0. The largest absolute Gasteiger partial charge is 0.354 e. The van der Waals surface area contributed by atoms with Crippen LogP contribution in [0.1, 0.15) is 65.2 Å². The molecule has 0 atom stereocenters. The Balaban J connectivity index is 0.00000361. The Morgan fingerprint density at radius 1 is 0.850 bits per heavy atom. The van der Waals surface area contributed by atoms with Crippen LogP contribution < -0.4 is 5.36 Å². The number of nitrogens with zero attached hydrogens (tertiary/aromatic N) is 2. The second-order valence-corrected chi connectivity index (χ2v) is 5.30. The second kappa shape index (κ2) is 13.4. The van der Waals surface area contributed by atoms with E-state index in [1.807, 2.05) is 0 Å². The van der Waals surface area contributed by atoms with Gasteiger partial charge in [-0.3, -0.25) is 4.99 Å². The van der Waals surface area contributed by atoms with Crippen molar-refractivity contribution in [3.63, 3.8) is 0 Å². The molecule has 0 aliphatic carbocycles. The van der Waals surface area contributed by atoms with Gasteiger partial charge in [0.1, 0.15) is 0 Å². The zero-order valence-corrected chi connectivity index (χ0v) is 14.9. The molecule has 1 heterocycles. The third-order valence-electron chi connectivity index (χ3n) is 3.45. The molecule has 20 heavy (non-hydrogen) atoms. The Morgan fingerprint density at radius 2 is 1.45 bits per heavy atom. The summed E-state index contributed by atoms with van der Waals surface area (Å²) in [6, 6.07) is 4.28. The SMILES string of the molecule is Br.CCCCCCN=c1ccn(CCCCCC)cc1. The van der Waals surface area contributed by atoms with E-state index in [-0.39, 0.29) is 17.0 Å². The van der Waals surface area contributed by atoms with Crippen LogP contribution in [0.4, 0.5) is 0 Å². The molecule has 0 saturated carbocycles. The van der Waals surface area contributed by atoms with Crippen LogP contribution in [0.3, 0.4) is 0 Å². The molecule has 1 aromatic heterocycles. The summed E-state index contributed by atoms with van der Waals surface area (Å²) in [6.07, 6.45) is 14.8. The molecule has 116 valence electrons. The molecule has 3 heteroatoms. The van der Waals surface area contributed by atoms with Crippen molar-refractivity contribution in [3.05, 3.63) is 29.9 Å². The van der Waals surface area contributed by atoms with Crippen LogP contribution in [0, 0.1) is 0 Å². The molecule has 0 aliphatic heterocycles. The highest BCUT2D eigenvalue weighted by atomic mass is 79.9. The average molecular weight is 343 g/mol. The maximum Gasteiger partial charge on any atom is 0.0603 e. The predicted octanol–water partition coefficient (Wildman–Crippen LogP) is 5.13. The zero-order valence-electron chi connectivity index (χ0n) is 13.2. The van der Waals surface area contributed by atoms with Crippen molar-refractivity contribution in [2.24, 2.45) is 4.99 Å². The summed E-state index contributed by atoms with van der Waals surface area (Å²) in [6.45, 7) is 6.61. The smallest absolute Gasteiger partial charge is 0.0603 e. The Kier molecular flexibility index (Phi) is 13.0. The lowest BCUT2D eigenvalue weighted by Gasteiger charge is -2.05. The molecule has 0 aliphatic rings. The number of pyridine rings is 1. The van der Waals surface area contributed by atoms with Crippen molar-refractivity contribution in [2.45, 2.75) is 71.8 Å². The number of aromatic nitrogens is 1. The monoisotopic (exact) mass is 342 g/mol. The highest BCUT2D eigenvalue weighted by Gasteiger charge is 1.90. The third-order valence-corrected chi connectivity index (χ3v) is 3.45. The van der Waals surface area contributed by atoms with Crippen molar-refractivity contribution >= 4 is 17.0 Å². The molecule has 0 saturated heterocycles. The highest BCUT2D eigenvalue weighted by molar-refractivity contribution is 8.93. The fourth-order valence-corrected chi connectivity index (χ4v) is 2.17. The number of halogens is 1. The lowest BCUT2D eigenvalue weighted by Crippen LogP contribution is -2.06. The van der Waals surface area contributed by atoms with E-state index in [2.05, 4.69) is 47.9 Å². The normalized spacial score (nSPS) is 10.1. The van der Waals surface area contributed by atoms with Crippen molar-refractivity contribution in [1.29, 1.82) is 0 Å². The van der Waals surface area contributed by atoms with Gasteiger partial charge in [0.05, 0.1) is 5.36 Å². The Bertz CT molecular complexity index is 364. The van der Waals surface area contributed by atoms with Gasteiger partial charge in [0.25, 0.3) is 0 Å². The van der Waals surface area contributed by atoms with Gasteiger partial charge < -0.3 is 4.57 Å². The molecule has 2 nitrogen and oxygen atoms in total. The van der Waals surface area contributed by atoms with E-state index in [4.69, 9.17) is 0 Å². The van der Waals surface area contributed by atoms with Gasteiger partial charge in [0.2, 0.25) is 0 Å². The molecule has 0 amide bonds. The van der Waals surface area contributed by atoms with Gasteiger partial charge in [0, 0.05) is 25.5 Å². The first-order chi connectivity index (χ1) is 9.36. The van der Waals surface area contributed by atoms with Crippen LogP contribution in [0.5, 0.6) is 0 Å². The van der Waals surface area contributed by atoms with Crippen molar-refractivity contribution in [3.8, 4) is 0 Å². The topological polar surface area (TPSA) is 17.3 Å². The van der Waals surface area contributed by atoms with E-state index >= 15 is 0 Å². The maximum absolute atomic E-state index is 4.62. The first-order valence-electron chi connectivity index (χ1n) is 8.03. The summed E-state index contributed by atoms with van der Waals surface area (Å²) in [5, 5.41) is 1.13. The summed E-state index contributed by atoms with van der Waals surface area (Å²) < 4.78 is 2.27. The van der Waals surface area contributed by atoms with Crippen molar-refractivity contribution in [2.75, 3.05) is 6.54 Å². The molecular formula is C17H31BrN2. The van der Waals surface area contributed by atoms with Crippen LogP contribution in [-0.2, 0) is 6.54 Å². The molecule has 1 aromatic rings. The van der Waals surface area contributed by atoms with Gasteiger partial charge in [-0.25, -0.2) is 0 Å². The Morgan fingerprint density at radius 3 is 2.05 bits per heavy atom. The van der Waals surface area contributed by atoms with Crippen LogP contribution in [-0.4, -0.2) is 11.1 Å². The number of unbranched alkanes of at least 4 members (excludes halogenated alkanes) is 6. The summed E-state index contributed by atoms with van der Waals surface area (Å²) in [5.74, 6) is 0. The molecule has 0 bridgehead atoms. The number of hydrogen-bond donors (Lipinski definition) is 0. The first kappa shape index (κ1) is 19.4. The van der Waals surface area contributed by atoms with Crippen molar-refractivity contribution in [1.82, 2.24) is 4.57 Å². The van der Waals surface area contributed by atoms with Crippen LogP contribution in [0.25, 0.3) is 0 Å². The van der Waals surface area contributed by atoms with Crippen LogP contribution in [0.15, 0.2) is 29.5 Å². The molecule has 0 fully saturated rings. The van der Waals surface area contributed by atoms with Gasteiger partial charge in [0.15, 0.2) is 0 Å². The second-order valence-electron chi connectivity index (χ2n) is 5.30. The fourth-order valence-electron chi connectivity index (χ4n) is 2.17. The van der Waals surface area contributed by atoms with E-state index in [1.165, 1.54) is 51.4 Å². The lowest BCUT2D eigenvalue weighted by molar-refractivity contribution is 0.579. The van der Waals surface area contributed by atoms with Gasteiger partial charge >= 0.3 is 0 Å². The Hall–Kier alpha value is -0.570. The average Bonchev–Trinajstić information content (AvgIpc) is 2.45. The van der Waals surface area contributed by atoms with Gasteiger partial charge in [-0.05, 0) is 25.0 Å². The summed E-state index contributed by atoms with van der Waals surface area (Å²) in [4.78, 5) is 4.62. The van der Waals surface area contributed by atoms with E-state index in [0.717, 1.165) is 18.4 Å². The summed E-state index contributed by atoms with van der Waals surface area (Å²) in [5.41, 5.74) is 0. The number of rotatable bonds is 10. The van der Waals surface area contributed by atoms with E-state index in [0.29, 0.717) is 0 Å². The Labute approximate surface area is 135 Å². The van der Waals surface area contributed by atoms with Gasteiger partial charge in [-0.15, -0.1) is 17.0 Å². The van der Waals surface area contributed by atoms with Crippen molar-refractivity contribution < 1.29 is 0 Å². The number of hydrogen-bond acceptors (Lipinski definition) is 1. The van der Waals surface area contributed by atoms with Gasteiger partial charge in [-0.2, -0.15) is 0 Å². The number of aryl methyl sites for hydroxylation is 1. The van der Waals surface area contributed by atoms with Crippen LogP contribution in [0.2, 0.25) is 0 Å². The summed E-state index contributed by atoms with van der Waals surface area (Å²) in [7, 11) is 0. The minimum absolute atomic E-state index is 0. The van der Waals surface area contributed by atoms with Crippen LogP contribution >= 0.6 is 17.0 Å². The first-order valence-corrected chi connectivity index (χ1v) is 8.03. The maximum atomic E-state index is 4.62. The molecule has 1 rings (SSSR count). The highest BCUT2D eigenvalue weighted by Crippen LogP contribution is 2.01. The zero-order chi connectivity index (χ0) is 13.8. The fraction of sp³-hybridized carbons (Fsp3) is 0.706. The minimum Gasteiger partial charge on any atom is -0.354 e. The molecule has 0 spiro atoms. The van der Waals surface area contributed by atoms with Gasteiger partial charge in [-0.1, -0.05) is 52.4 Å². The predicted molar refractivity (Wildman–Crippen MR) is 93.5 cm³/mol. The lowest BCUT2D eigenvalue weighted by atomic mass is 10.2.